The summed E-state index contributed by atoms with van der Waals surface area (Å²) in [7, 11) is 0. The average molecular weight is 413 g/mol. The van der Waals surface area contributed by atoms with Crippen LogP contribution in [0.2, 0.25) is 0 Å². The Hall–Kier alpha value is -3.17. The summed E-state index contributed by atoms with van der Waals surface area (Å²) in [5.74, 6) is -2.78. The van der Waals surface area contributed by atoms with E-state index in [9.17, 15) is 24.6 Å². The summed E-state index contributed by atoms with van der Waals surface area (Å²) in [6.45, 7) is 3.88. The second-order valence-corrected chi connectivity index (χ2v) is 7.33. The van der Waals surface area contributed by atoms with Gasteiger partial charge in [-0.2, -0.15) is 0 Å². The van der Waals surface area contributed by atoms with Crippen molar-refractivity contribution < 1.29 is 29.0 Å². The van der Waals surface area contributed by atoms with Gasteiger partial charge in [0.1, 0.15) is 15.8 Å². The number of rotatable bonds is 6. The van der Waals surface area contributed by atoms with E-state index in [0.717, 1.165) is 17.8 Å². The third-order valence-corrected chi connectivity index (χ3v) is 5.15. The van der Waals surface area contributed by atoms with Crippen LogP contribution in [-0.2, 0) is 4.79 Å². The molecule has 2 heterocycles. The number of benzene rings is 1. The molecule has 0 unspecified atom stereocenters. The summed E-state index contributed by atoms with van der Waals surface area (Å²) in [6.07, 6.45) is 3.08. The van der Waals surface area contributed by atoms with Gasteiger partial charge >= 0.3 is 0 Å². The molecule has 0 saturated carbocycles. The minimum absolute atomic E-state index is 0.221. The molecule has 142 valence electrons. The van der Waals surface area contributed by atoms with Gasteiger partial charge in [0.15, 0.2) is 0 Å². The molecular weight excluding hydrogens is 402 g/mol. The lowest BCUT2D eigenvalue weighted by molar-refractivity contribution is -0.255. The lowest BCUT2D eigenvalue weighted by Gasteiger charge is -2.10. The first-order chi connectivity index (χ1) is 13.3. The van der Waals surface area contributed by atoms with E-state index in [1.54, 1.807) is 12.1 Å². The normalized spacial score (nSPS) is 15.3. The summed E-state index contributed by atoms with van der Waals surface area (Å²) in [5.41, 5.74) is -0.417. The van der Waals surface area contributed by atoms with Crippen molar-refractivity contribution in [3.63, 3.8) is 0 Å². The molecule has 0 atom stereocenters. The molecule has 2 aromatic rings. The Bertz CT molecular complexity index is 1020. The highest BCUT2D eigenvalue weighted by atomic mass is 32.2. The third-order valence-electron chi connectivity index (χ3n) is 3.77. The smallest absolute Gasteiger partial charge is 0.266 e. The maximum Gasteiger partial charge on any atom is 0.266 e. The van der Waals surface area contributed by atoms with E-state index in [1.165, 1.54) is 29.2 Å². The number of carboxylic acids is 2. The van der Waals surface area contributed by atoms with Gasteiger partial charge in [-0.25, -0.2) is 0 Å². The van der Waals surface area contributed by atoms with Crippen LogP contribution in [0.15, 0.2) is 52.3 Å². The van der Waals surface area contributed by atoms with E-state index in [2.05, 4.69) is 6.58 Å². The topological polar surface area (TPSA) is 114 Å². The number of furan rings is 1. The molecule has 1 aliphatic rings. The minimum atomic E-state index is -1.53. The predicted molar refractivity (Wildman–Crippen MR) is 103 cm³/mol. The first kappa shape index (κ1) is 19.6. The summed E-state index contributed by atoms with van der Waals surface area (Å²) < 4.78 is 6.04. The zero-order valence-electron chi connectivity index (χ0n) is 14.2. The second kappa shape index (κ2) is 7.83. The Morgan fingerprint density at radius 1 is 1.18 bits per heavy atom. The molecule has 1 fully saturated rings. The molecule has 0 N–H and O–H groups in total. The summed E-state index contributed by atoms with van der Waals surface area (Å²) in [4.78, 5) is 36.3. The number of thioether (sulfide) groups is 1. The SMILES string of the molecule is C=CCN1C(=O)/C(=C\c2ccc(-c3cc(C(=O)[O-])cc(C(=O)[O-])c3)o2)SC1=S. The molecule has 0 spiro atoms. The van der Waals surface area contributed by atoms with Gasteiger partial charge in [0.2, 0.25) is 0 Å². The van der Waals surface area contributed by atoms with Crippen LogP contribution >= 0.6 is 24.0 Å². The zero-order valence-corrected chi connectivity index (χ0v) is 15.8. The molecule has 0 bridgehead atoms. The molecular formula is C19H11NO6S2-2. The number of hydrogen-bond donors (Lipinski definition) is 0. The van der Waals surface area contributed by atoms with Crippen molar-refractivity contribution in [1.82, 2.24) is 4.90 Å². The van der Waals surface area contributed by atoms with Gasteiger partial charge < -0.3 is 24.2 Å². The lowest BCUT2D eigenvalue weighted by Crippen LogP contribution is -2.27. The molecule has 3 rings (SSSR count). The summed E-state index contributed by atoms with van der Waals surface area (Å²) in [5, 5.41) is 22.2. The highest BCUT2D eigenvalue weighted by Gasteiger charge is 2.31. The number of amides is 1. The predicted octanol–water partition coefficient (Wildman–Crippen LogP) is 1.06. The van der Waals surface area contributed by atoms with Crippen LogP contribution in [0.4, 0.5) is 0 Å². The molecule has 1 aromatic heterocycles. The quantitative estimate of drug-likeness (QED) is 0.392. The summed E-state index contributed by atoms with van der Waals surface area (Å²) in [6, 6.07) is 6.51. The van der Waals surface area contributed by atoms with Crippen LogP contribution in [0.1, 0.15) is 26.5 Å². The molecule has 0 aliphatic carbocycles. The van der Waals surface area contributed by atoms with Gasteiger partial charge in [-0.05, 0) is 41.5 Å². The van der Waals surface area contributed by atoms with Crippen molar-refractivity contribution in [2.75, 3.05) is 6.54 Å². The fourth-order valence-electron chi connectivity index (χ4n) is 2.51. The van der Waals surface area contributed by atoms with Gasteiger partial charge in [-0.3, -0.25) is 9.69 Å². The van der Waals surface area contributed by atoms with Crippen molar-refractivity contribution in [2.24, 2.45) is 0 Å². The largest absolute Gasteiger partial charge is 0.545 e. The third kappa shape index (κ3) is 3.90. The van der Waals surface area contributed by atoms with Gasteiger partial charge in [-0.1, -0.05) is 30.1 Å². The second-order valence-electron chi connectivity index (χ2n) is 5.66. The van der Waals surface area contributed by atoms with Crippen molar-refractivity contribution in [2.45, 2.75) is 0 Å². The molecule has 28 heavy (non-hydrogen) atoms. The number of hydrogen-bond acceptors (Lipinski definition) is 8. The van der Waals surface area contributed by atoms with E-state index in [4.69, 9.17) is 16.6 Å². The molecule has 1 aromatic carbocycles. The number of aromatic carboxylic acids is 2. The highest BCUT2D eigenvalue weighted by molar-refractivity contribution is 8.26. The molecule has 9 heteroatoms. The van der Waals surface area contributed by atoms with Crippen molar-refractivity contribution in [1.29, 1.82) is 0 Å². The van der Waals surface area contributed by atoms with Gasteiger partial charge in [0.05, 0.1) is 16.8 Å². The first-order valence-electron chi connectivity index (χ1n) is 7.84. The van der Waals surface area contributed by atoms with Crippen molar-refractivity contribution in [3.8, 4) is 11.3 Å². The number of carbonyl (C=O) groups excluding carboxylic acids is 3. The van der Waals surface area contributed by atoms with E-state index in [1.807, 2.05) is 0 Å². The van der Waals surface area contributed by atoms with E-state index in [-0.39, 0.29) is 28.4 Å². The van der Waals surface area contributed by atoms with Crippen molar-refractivity contribution in [3.05, 3.63) is 64.8 Å². The van der Waals surface area contributed by atoms with Crippen molar-refractivity contribution >= 4 is 52.2 Å². The van der Waals surface area contributed by atoms with E-state index in [0.29, 0.717) is 21.5 Å². The van der Waals surface area contributed by atoms with Crippen LogP contribution in [-0.4, -0.2) is 33.6 Å². The van der Waals surface area contributed by atoms with Gasteiger partial charge in [0.25, 0.3) is 5.91 Å². The number of nitrogens with zero attached hydrogens (tertiary/aromatic N) is 1. The molecule has 7 nitrogen and oxygen atoms in total. The first-order valence-corrected chi connectivity index (χ1v) is 9.07. The molecule has 1 amide bonds. The average Bonchev–Trinajstić information content (AvgIpc) is 3.22. The Labute approximate surface area is 168 Å². The standard InChI is InChI=1S/C19H13NO6S2/c1-2-5-20-16(21)15(28-19(20)27)9-13-3-4-14(26-13)10-6-11(17(22)23)8-12(7-10)18(24)25/h2-4,6-9H,1,5H2,(H,22,23)(H,24,25)/p-2/b15-9+. The van der Waals surface area contributed by atoms with Crippen LogP contribution in [0.3, 0.4) is 0 Å². The fourth-order valence-corrected chi connectivity index (χ4v) is 3.76. The number of thiocarbonyl (C=S) groups is 1. The number of carboxylic acid groups (broad SMARTS) is 2. The van der Waals surface area contributed by atoms with Gasteiger partial charge in [-0.15, -0.1) is 6.58 Å². The van der Waals surface area contributed by atoms with Crippen LogP contribution in [0, 0.1) is 0 Å². The monoisotopic (exact) mass is 413 g/mol. The maximum atomic E-state index is 12.3. The van der Waals surface area contributed by atoms with Crippen LogP contribution in [0.5, 0.6) is 0 Å². The summed E-state index contributed by atoms with van der Waals surface area (Å²) >= 11 is 6.28. The Morgan fingerprint density at radius 3 is 2.39 bits per heavy atom. The maximum absolute atomic E-state index is 12.3. The lowest BCUT2D eigenvalue weighted by atomic mass is 10.0. The molecule has 0 radical (unpaired) electrons. The Morgan fingerprint density at radius 2 is 1.82 bits per heavy atom. The van der Waals surface area contributed by atoms with Crippen LogP contribution < -0.4 is 10.2 Å². The highest BCUT2D eigenvalue weighted by Crippen LogP contribution is 2.33. The molecule has 1 aliphatic heterocycles. The zero-order chi connectivity index (χ0) is 20.4. The van der Waals surface area contributed by atoms with Gasteiger partial charge in [0, 0.05) is 18.2 Å². The van der Waals surface area contributed by atoms with E-state index < -0.39 is 11.9 Å². The molecule has 1 saturated heterocycles. The number of carbonyl (C=O) groups is 3. The fraction of sp³-hybridized carbons (Fsp3) is 0.0526. The Kier molecular flexibility index (Phi) is 5.48. The Balaban J connectivity index is 1.94. The minimum Gasteiger partial charge on any atom is -0.545 e. The van der Waals surface area contributed by atoms with Crippen LogP contribution in [0.25, 0.3) is 17.4 Å². The van der Waals surface area contributed by atoms with E-state index >= 15 is 0 Å².